The molecule has 0 saturated carbocycles. The van der Waals surface area contributed by atoms with Crippen molar-refractivity contribution in [3.05, 3.63) is 0 Å². The summed E-state index contributed by atoms with van der Waals surface area (Å²) < 4.78 is 17.2. The molecule has 0 aromatic carbocycles. The van der Waals surface area contributed by atoms with Gasteiger partial charge in [0.05, 0.1) is 44.6 Å². The molecular formula is C13H30N3O8P. The van der Waals surface area contributed by atoms with Gasteiger partial charge in [-0.2, -0.15) is 0 Å². The Kier molecular flexibility index (Phi) is 11.4. The van der Waals surface area contributed by atoms with E-state index < -0.39 is 46.2 Å². The molecule has 0 aromatic rings. The van der Waals surface area contributed by atoms with Gasteiger partial charge in [0.15, 0.2) is 6.29 Å². The Morgan fingerprint density at radius 3 is 1.96 bits per heavy atom. The van der Waals surface area contributed by atoms with Crippen molar-refractivity contribution in [3.8, 4) is 0 Å². The van der Waals surface area contributed by atoms with E-state index in [1.54, 1.807) is 0 Å². The first-order valence-electron chi connectivity index (χ1n) is 8.04. The largest absolute Gasteiger partial charge is 0.396 e. The van der Waals surface area contributed by atoms with Gasteiger partial charge in [0.25, 0.3) is 0 Å². The molecule has 2 fully saturated rings. The lowest BCUT2D eigenvalue weighted by Crippen LogP contribution is -2.59. The lowest BCUT2D eigenvalue weighted by atomic mass is 9.81. The second-order valence-corrected chi connectivity index (χ2v) is 6.47. The molecule has 2 saturated heterocycles. The number of nitrogens with one attached hydrogen (secondary N) is 2. The quantitative estimate of drug-likeness (QED) is 0.203. The van der Waals surface area contributed by atoms with E-state index in [1.165, 1.54) is 0 Å². The van der Waals surface area contributed by atoms with E-state index in [0.717, 1.165) is 13.1 Å². The third-order valence-electron chi connectivity index (χ3n) is 4.03. The first kappa shape index (κ1) is 23.0. The Hall–Kier alpha value is -0.01000. The van der Waals surface area contributed by atoms with Crippen LogP contribution in [0.25, 0.3) is 0 Å². The zero-order valence-electron chi connectivity index (χ0n) is 14.1. The van der Waals surface area contributed by atoms with E-state index in [2.05, 4.69) is 16.1 Å². The monoisotopic (exact) mass is 387 g/mol. The summed E-state index contributed by atoms with van der Waals surface area (Å²) in [6.45, 7) is 2.42. The molecule has 11 nitrogen and oxygen atoms in total. The molecule has 0 amide bonds. The molecule has 0 aromatic heterocycles. The van der Waals surface area contributed by atoms with Crippen molar-refractivity contribution in [2.45, 2.75) is 18.5 Å². The summed E-state index contributed by atoms with van der Waals surface area (Å²) in [5, 5.41) is 35.4. The molecule has 0 bridgehead atoms. The molecule has 3 unspecified atom stereocenters. The molecule has 3 atom stereocenters. The molecule has 25 heavy (non-hydrogen) atoms. The summed E-state index contributed by atoms with van der Waals surface area (Å²) in [6.07, 6.45) is -1.52. The van der Waals surface area contributed by atoms with E-state index in [4.69, 9.17) is 24.0 Å². The maximum atomic E-state index is 9.67. The Morgan fingerprint density at radius 2 is 1.56 bits per heavy atom. The molecule has 2 rings (SSSR count). The van der Waals surface area contributed by atoms with Gasteiger partial charge in [-0.1, -0.05) is 0 Å². The van der Waals surface area contributed by atoms with Gasteiger partial charge >= 0.3 is 0 Å². The highest BCUT2D eigenvalue weighted by atomic mass is 31.2. The van der Waals surface area contributed by atoms with E-state index in [1.807, 2.05) is 0 Å². The third kappa shape index (κ3) is 7.63. The Balaban J connectivity index is 0.000000705. The predicted molar refractivity (Wildman–Crippen MR) is 89.3 cm³/mol. The SMILES string of the molecule is NP(O)O.OCC(CO)(CO)C(OC1CNCCO1)C1CNCCO1. The minimum absolute atomic E-state index is 0.365. The Bertz CT molecular complexity index is 328. The molecule has 0 spiro atoms. The molecule has 9 N–H and O–H groups in total. The summed E-state index contributed by atoms with van der Waals surface area (Å²) in [5.74, 6) is 0. The van der Waals surface area contributed by atoms with Crippen molar-refractivity contribution in [2.75, 3.05) is 59.2 Å². The number of aliphatic hydroxyl groups is 3. The zero-order chi connectivity index (χ0) is 18.7. The summed E-state index contributed by atoms with van der Waals surface area (Å²) in [6, 6.07) is 0. The van der Waals surface area contributed by atoms with Gasteiger partial charge in [-0.3, -0.25) is 5.50 Å². The third-order valence-corrected chi connectivity index (χ3v) is 4.03. The fourth-order valence-electron chi connectivity index (χ4n) is 2.62. The van der Waals surface area contributed by atoms with Gasteiger partial charge < -0.3 is 50.0 Å². The van der Waals surface area contributed by atoms with Crippen LogP contribution in [0, 0.1) is 5.41 Å². The van der Waals surface area contributed by atoms with Crippen molar-refractivity contribution in [2.24, 2.45) is 10.9 Å². The van der Waals surface area contributed by atoms with Gasteiger partial charge in [0, 0.05) is 26.2 Å². The number of nitrogens with two attached hydrogens (primary N) is 1. The number of hydrogen-bond donors (Lipinski definition) is 8. The number of ether oxygens (including phenoxy) is 3. The van der Waals surface area contributed by atoms with E-state index in [-0.39, 0.29) is 6.10 Å². The van der Waals surface area contributed by atoms with Crippen LogP contribution < -0.4 is 16.1 Å². The van der Waals surface area contributed by atoms with Crippen LogP contribution >= 0.6 is 8.53 Å². The maximum absolute atomic E-state index is 9.67. The average Bonchev–Trinajstić information content (AvgIpc) is 2.64. The van der Waals surface area contributed by atoms with Crippen LogP contribution in [0.1, 0.15) is 0 Å². The Labute approximate surface area is 148 Å². The number of hydrogen-bond acceptors (Lipinski definition) is 11. The van der Waals surface area contributed by atoms with Crippen molar-refractivity contribution in [1.82, 2.24) is 10.6 Å². The molecule has 0 radical (unpaired) electrons. The van der Waals surface area contributed by atoms with E-state index in [9.17, 15) is 15.3 Å². The molecule has 2 aliphatic heterocycles. The van der Waals surface area contributed by atoms with Crippen molar-refractivity contribution >= 4 is 8.53 Å². The molecule has 2 heterocycles. The van der Waals surface area contributed by atoms with Crippen LogP contribution in [0.5, 0.6) is 0 Å². The van der Waals surface area contributed by atoms with Crippen LogP contribution in [0.15, 0.2) is 0 Å². The van der Waals surface area contributed by atoms with Gasteiger partial charge in [0.1, 0.15) is 6.10 Å². The maximum Gasteiger partial charge on any atom is 0.247 e. The summed E-state index contributed by atoms with van der Waals surface area (Å²) in [5.41, 5.74) is 3.11. The standard InChI is InChI=1S/C13H26N2O6.H4NO2P/c16-7-13(8-17,9-18)12(10-5-14-1-3-19-10)21-11-6-15-2-4-20-11;1-4(2)3/h10-12,14-18H,1-9H2;2-3H,1H2. The zero-order valence-corrected chi connectivity index (χ0v) is 15.0. The van der Waals surface area contributed by atoms with Crippen molar-refractivity contribution in [3.63, 3.8) is 0 Å². The minimum atomic E-state index is -2.12. The molecule has 2 aliphatic rings. The minimum Gasteiger partial charge on any atom is -0.396 e. The lowest BCUT2D eigenvalue weighted by molar-refractivity contribution is -0.251. The highest BCUT2D eigenvalue weighted by Crippen LogP contribution is 2.29. The highest BCUT2D eigenvalue weighted by Gasteiger charge is 2.45. The fourth-order valence-corrected chi connectivity index (χ4v) is 2.62. The second-order valence-electron chi connectivity index (χ2n) is 5.83. The van der Waals surface area contributed by atoms with Crippen LogP contribution in [0.3, 0.4) is 0 Å². The lowest BCUT2D eigenvalue weighted by Gasteiger charge is -2.43. The number of morpholine rings is 2. The van der Waals surface area contributed by atoms with Crippen molar-refractivity contribution < 1.29 is 39.3 Å². The van der Waals surface area contributed by atoms with Gasteiger partial charge in [-0.15, -0.1) is 0 Å². The molecular weight excluding hydrogens is 357 g/mol. The van der Waals surface area contributed by atoms with Gasteiger partial charge in [0.2, 0.25) is 8.53 Å². The molecule has 12 heteroatoms. The molecule has 0 aliphatic carbocycles. The summed E-state index contributed by atoms with van der Waals surface area (Å²) >= 11 is 0. The van der Waals surface area contributed by atoms with E-state index >= 15 is 0 Å². The van der Waals surface area contributed by atoms with Crippen LogP contribution in [0.2, 0.25) is 0 Å². The van der Waals surface area contributed by atoms with Crippen LogP contribution in [0.4, 0.5) is 0 Å². The predicted octanol–water partition coefficient (Wildman–Crippen LogP) is -3.57. The molecule has 150 valence electrons. The summed E-state index contributed by atoms with van der Waals surface area (Å²) in [4.78, 5) is 14.9. The first-order valence-corrected chi connectivity index (χ1v) is 9.36. The van der Waals surface area contributed by atoms with Crippen LogP contribution in [-0.4, -0.2) is 103 Å². The van der Waals surface area contributed by atoms with E-state index in [0.29, 0.717) is 26.3 Å². The second kappa shape index (κ2) is 12.4. The van der Waals surface area contributed by atoms with Crippen LogP contribution in [-0.2, 0) is 14.2 Å². The summed E-state index contributed by atoms with van der Waals surface area (Å²) in [7, 11) is -2.12. The van der Waals surface area contributed by atoms with Gasteiger partial charge in [-0.25, -0.2) is 0 Å². The van der Waals surface area contributed by atoms with Gasteiger partial charge in [-0.05, 0) is 0 Å². The number of aliphatic hydroxyl groups excluding tert-OH is 3. The first-order chi connectivity index (χ1) is 12.0. The average molecular weight is 387 g/mol. The highest BCUT2D eigenvalue weighted by molar-refractivity contribution is 7.42. The fraction of sp³-hybridized carbons (Fsp3) is 1.00. The normalized spacial score (nSPS) is 26.0. The number of rotatable bonds is 7. The Morgan fingerprint density at radius 1 is 1.04 bits per heavy atom. The smallest absolute Gasteiger partial charge is 0.247 e. The van der Waals surface area contributed by atoms with Crippen molar-refractivity contribution in [1.29, 1.82) is 0 Å². The topological polar surface area (TPSA) is 179 Å².